The van der Waals surface area contributed by atoms with Crippen molar-refractivity contribution in [1.82, 2.24) is 4.90 Å². The Bertz CT molecular complexity index is 793. The van der Waals surface area contributed by atoms with Gasteiger partial charge < -0.3 is 19.9 Å². The molecular weight excluding hydrogens is 349 g/mol. The highest BCUT2D eigenvalue weighted by Gasteiger charge is 2.27. The molecule has 1 N–H and O–H groups in total. The van der Waals surface area contributed by atoms with Crippen LogP contribution in [0.4, 0.5) is 20.6 Å². The standard InChI is InChI=1S/C19H22FN5O2/c1-19(2,3)27-18(26)25-9-7-24(8-10-25)16-6-4-5-15(20)17(16)23-13-14(11-21)12-22/h4-6,13,23H,7-10H2,1-3H3. The molecule has 8 heteroatoms. The number of nitrogens with one attached hydrogen (secondary N) is 1. The third kappa shape index (κ3) is 5.35. The summed E-state index contributed by atoms with van der Waals surface area (Å²) in [7, 11) is 0. The lowest BCUT2D eigenvalue weighted by Crippen LogP contribution is -2.50. The molecule has 27 heavy (non-hydrogen) atoms. The van der Waals surface area contributed by atoms with Crippen molar-refractivity contribution >= 4 is 17.5 Å². The zero-order valence-electron chi connectivity index (χ0n) is 15.6. The molecule has 0 radical (unpaired) electrons. The lowest BCUT2D eigenvalue weighted by atomic mass is 10.2. The summed E-state index contributed by atoms with van der Waals surface area (Å²) >= 11 is 0. The Hall–Kier alpha value is -3.26. The lowest BCUT2D eigenvalue weighted by Gasteiger charge is -2.37. The molecule has 7 nitrogen and oxygen atoms in total. The quantitative estimate of drug-likeness (QED) is 0.820. The number of rotatable bonds is 3. The fourth-order valence-electron chi connectivity index (χ4n) is 2.61. The van der Waals surface area contributed by atoms with E-state index in [0.29, 0.717) is 31.9 Å². The number of nitrogens with zero attached hydrogens (tertiary/aromatic N) is 4. The zero-order valence-corrected chi connectivity index (χ0v) is 15.6. The summed E-state index contributed by atoms with van der Waals surface area (Å²) < 4.78 is 19.7. The van der Waals surface area contributed by atoms with Crippen LogP contribution < -0.4 is 10.2 Å². The Morgan fingerprint density at radius 1 is 1.22 bits per heavy atom. The van der Waals surface area contributed by atoms with Gasteiger partial charge in [-0.25, -0.2) is 9.18 Å². The van der Waals surface area contributed by atoms with Gasteiger partial charge in [0.1, 0.15) is 29.1 Å². The molecule has 1 aliphatic heterocycles. The van der Waals surface area contributed by atoms with Gasteiger partial charge in [0.15, 0.2) is 0 Å². The van der Waals surface area contributed by atoms with Crippen molar-refractivity contribution in [3.05, 3.63) is 35.8 Å². The number of hydrogen-bond donors (Lipinski definition) is 1. The van der Waals surface area contributed by atoms with Gasteiger partial charge in [-0.05, 0) is 32.9 Å². The van der Waals surface area contributed by atoms with Crippen molar-refractivity contribution in [3.63, 3.8) is 0 Å². The number of anilines is 2. The molecule has 1 aromatic rings. The van der Waals surface area contributed by atoms with Crippen molar-refractivity contribution in [2.24, 2.45) is 0 Å². The first kappa shape index (κ1) is 20.1. The minimum absolute atomic E-state index is 0.154. The van der Waals surface area contributed by atoms with Crippen molar-refractivity contribution in [1.29, 1.82) is 10.5 Å². The number of nitriles is 2. The summed E-state index contributed by atoms with van der Waals surface area (Å²) in [4.78, 5) is 15.7. The van der Waals surface area contributed by atoms with Gasteiger partial charge >= 0.3 is 6.09 Å². The fraction of sp³-hybridized carbons (Fsp3) is 0.421. The van der Waals surface area contributed by atoms with E-state index in [9.17, 15) is 9.18 Å². The van der Waals surface area contributed by atoms with Crippen LogP contribution in [0.2, 0.25) is 0 Å². The number of halogens is 1. The molecule has 2 rings (SSSR count). The van der Waals surface area contributed by atoms with Crippen molar-refractivity contribution in [2.45, 2.75) is 26.4 Å². The van der Waals surface area contributed by atoms with Crippen LogP contribution in [0, 0.1) is 28.5 Å². The van der Waals surface area contributed by atoms with Crippen LogP contribution in [0.3, 0.4) is 0 Å². The maximum Gasteiger partial charge on any atom is 0.410 e. The normalized spacial score (nSPS) is 14.0. The van der Waals surface area contributed by atoms with E-state index in [2.05, 4.69) is 5.32 Å². The summed E-state index contributed by atoms with van der Waals surface area (Å²) in [5.74, 6) is -0.492. The predicted molar refractivity (Wildman–Crippen MR) is 99.4 cm³/mol. The molecule has 1 fully saturated rings. The number of benzene rings is 1. The number of ether oxygens (including phenoxy) is 1. The Morgan fingerprint density at radius 2 is 1.85 bits per heavy atom. The van der Waals surface area contributed by atoms with Crippen LogP contribution in [-0.4, -0.2) is 42.8 Å². The molecule has 0 atom stereocenters. The number of carbonyl (C=O) groups excluding carboxylic acids is 1. The van der Waals surface area contributed by atoms with Crippen molar-refractivity contribution < 1.29 is 13.9 Å². The van der Waals surface area contributed by atoms with Gasteiger partial charge in [0.2, 0.25) is 0 Å². The first-order valence-electron chi connectivity index (χ1n) is 8.53. The van der Waals surface area contributed by atoms with Gasteiger partial charge in [-0.3, -0.25) is 0 Å². The molecular formula is C19H22FN5O2. The first-order valence-corrected chi connectivity index (χ1v) is 8.53. The zero-order chi connectivity index (χ0) is 20.0. The average Bonchev–Trinajstić information content (AvgIpc) is 2.62. The van der Waals surface area contributed by atoms with Gasteiger partial charge in [-0.15, -0.1) is 0 Å². The van der Waals surface area contributed by atoms with Crippen molar-refractivity contribution in [3.8, 4) is 12.1 Å². The molecule has 0 bridgehead atoms. The van der Waals surface area contributed by atoms with Crippen LogP contribution in [0.15, 0.2) is 30.0 Å². The largest absolute Gasteiger partial charge is 0.444 e. The highest BCUT2D eigenvalue weighted by molar-refractivity contribution is 5.73. The number of hydrogen-bond acceptors (Lipinski definition) is 6. The molecule has 0 aromatic heterocycles. The number of allylic oxidation sites excluding steroid dienone is 1. The molecule has 0 unspecified atom stereocenters. The van der Waals surface area contributed by atoms with E-state index in [1.165, 1.54) is 12.3 Å². The second-order valence-corrected chi connectivity index (χ2v) is 7.01. The van der Waals surface area contributed by atoms with Crippen LogP contribution in [0.5, 0.6) is 0 Å². The smallest absolute Gasteiger partial charge is 0.410 e. The van der Waals surface area contributed by atoms with Gasteiger partial charge in [0.05, 0.1) is 11.4 Å². The van der Waals surface area contributed by atoms with Gasteiger partial charge in [-0.1, -0.05) is 6.07 Å². The molecule has 1 saturated heterocycles. The van der Waals surface area contributed by atoms with E-state index in [-0.39, 0.29) is 17.4 Å². The fourth-order valence-corrected chi connectivity index (χ4v) is 2.61. The Kier molecular flexibility index (Phi) is 6.25. The number of piperazine rings is 1. The van der Waals surface area contributed by atoms with E-state index < -0.39 is 11.4 Å². The minimum Gasteiger partial charge on any atom is -0.444 e. The topological polar surface area (TPSA) is 92.4 Å². The number of carbonyl (C=O) groups is 1. The first-order chi connectivity index (χ1) is 12.7. The summed E-state index contributed by atoms with van der Waals surface area (Å²) in [5.41, 5.74) is 0.0785. The molecule has 1 amide bonds. The summed E-state index contributed by atoms with van der Waals surface area (Å²) in [6, 6.07) is 8.09. The van der Waals surface area contributed by atoms with Crippen LogP contribution >= 0.6 is 0 Å². The van der Waals surface area contributed by atoms with Gasteiger partial charge in [0, 0.05) is 32.4 Å². The molecule has 0 aliphatic carbocycles. The van der Waals surface area contributed by atoms with Crippen LogP contribution in [0.25, 0.3) is 0 Å². The second-order valence-electron chi connectivity index (χ2n) is 7.01. The minimum atomic E-state index is -0.556. The second kappa shape index (κ2) is 8.41. The third-order valence-electron chi connectivity index (χ3n) is 3.87. The van der Waals surface area contributed by atoms with Gasteiger partial charge in [-0.2, -0.15) is 10.5 Å². The summed E-state index contributed by atoms with van der Waals surface area (Å²) in [5, 5.41) is 20.4. The molecule has 0 saturated carbocycles. The SMILES string of the molecule is CC(C)(C)OC(=O)N1CCN(c2cccc(F)c2NC=C(C#N)C#N)CC1. The third-order valence-corrected chi connectivity index (χ3v) is 3.87. The Morgan fingerprint density at radius 3 is 2.41 bits per heavy atom. The molecule has 1 heterocycles. The van der Waals surface area contributed by atoms with Gasteiger partial charge in [0.25, 0.3) is 0 Å². The van der Waals surface area contributed by atoms with E-state index >= 15 is 0 Å². The highest BCUT2D eigenvalue weighted by Crippen LogP contribution is 2.30. The Balaban J connectivity index is 2.11. The lowest BCUT2D eigenvalue weighted by molar-refractivity contribution is 0.0240. The van der Waals surface area contributed by atoms with Crippen LogP contribution in [-0.2, 0) is 4.74 Å². The predicted octanol–water partition coefficient (Wildman–Crippen LogP) is 3.23. The number of para-hydroxylation sites is 1. The van der Waals surface area contributed by atoms with E-state index in [0.717, 1.165) is 0 Å². The van der Waals surface area contributed by atoms with Crippen molar-refractivity contribution in [2.75, 3.05) is 36.4 Å². The average molecular weight is 371 g/mol. The maximum absolute atomic E-state index is 14.3. The van der Waals surface area contributed by atoms with E-state index in [1.54, 1.807) is 29.2 Å². The molecule has 1 aromatic carbocycles. The summed E-state index contributed by atoms with van der Waals surface area (Å²) in [6.07, 6.45) is 0.814. The monoisotopic (exact) mass is 371 g/mol. The molecule has 1 aliphatic rings. The maximum atomic E-state index is 14.3. The van der Waals surface area contributed by atoms with E-state index in [4.69, 9.17) is 15.3 Å². The number of amides is 1. The molecule has 142 valence electrons. The summed E-state index contributed by atoms with van der Waals surface area (Å²) in [6.45, 7) is 7.35. The highest BCUT2D eigenvalue weighted by atomic mass is 19.1. The Labute approximate surface area is 158 Å². The molecule has 0 spiro atoms. The van der Waals surface area contributed by atoms with Crippen LogP contribution in [0.1, 0.15) is 20.8 Å². The van der Waals surface area contributed by atoms with E-state index in [1.807, 2.05) is 25.7 Å².